The predicted octanol–water partition coefficient (Wildman–Crippen LogP) is -0.789. The van der Waals surface area contributed by atoms with Gasteiger partial charge < -0.3 is 10.2 Å². The Bertz CT molecular complexity index is 296. The fourth-order valence-corrected chi connectivity index (χ4v) is 1.22. The number of rotatable bonds is 5. The molecule has 3 N–H and O–H groups in total. The van der Waals surface area contributed by atoms with Gasteiger partial charge in [-0.15, -0.1) is 0 Å². The van der Waals surface area contributed by atoms with Gasteiger partial charge in [-0.1, -0.05) is 0 Å². The lowest BCUT2D eigenvalue weighted by molar-refractivity contribution is -0.0440. The highest BCUT2D eigenvalue weighted by molar-refractivity contribution is 7.92. The molecule has 0 atom stereocenters. The molecule has 0 spiro atoms. The van der Waals surface area contributed by atoms with E-state index in [0.29, 0.717) is 0 Å². The van der Waals surface area contributed by atoms with E-state index in [4.69, 9.17) is 10.2 Å². The number of aliphatic hydroxyl groups excluding tert-OH is 2. The molecule has 0 aromatic carbocycles. The van der Waals surface area contributed by atoms with Crippen molar-refractivity contribution in [3.8, 4) is 0 Å². The first-order valence-corrected chi connectivity index (χ1v) is 5.49. The number of sulfone groups is 1. The fourth-order valence-electron chi connectivity index (χ4n) is 0.513. The van der Waals surface area contributed by atoms with E-state index in [-0.39, 0.29) is 0 Å². The molecule has 9 heteroatoms. The van der Waals surface area contributed by atoms with Crippen LogP contribution in [0.25, 0.3) is 0 Å². The summed E-state index contributed by atoms with van der Waals surface area (Å²) >= 11 is 0. The van der Waals surface area contributed by atoms with E-state index in [1.165, 1.54) is 6.92 Å². The molecule has 0 aliphatic rings. The van der Waals surface area contributed by atoms with E-state index in [1.54, 1.807) is 0 Å². The number of hydrogen-bond acceptors (Lipinski definition) is 5. The number of aliphatic hydroxyl groups is 2. The first-order valence-electron chi connectivity index (χ1n) is 3.84. The van der Waals surface area contributed by atoms with Gasteiger partial charge in [0.1, 0.15) is 5.88 Å². The molecule has 0 aliphatic carbocycles. The second-order valence-electron chi connectivity index (χ2n) is 3.26. The molecule has 0 aliphatic heterocycles. The van der Waals surface area contributed by atoms with Crippen LogP contribution in [0.3, 0.4) is 0 Å². The smallest absolute Gasteiger partial charge is 0.394 e. The minimum atomic E-state index is -5.34. The molecular weight excluding hydrogens is 239 g/mol. The highest BCUT2D eigenvalue weighted by atomic mass is 32.2. The maximum atomic E-state index is 11.9. The SMILES string of the molecule is CC(CO)(CO)NCS(=O)(=O)C(F)(F)F. The molecule has 0 saturated carbocycles. The molecule has 0 saturated heterocycles. The standard InChI is InChI=1S/C6H12F3NO4S/c1-5(2-11,3-12)10-4-15(13,14)6(7,8)9/h10-12H,2-4H2,1H3. The molecule has 5 nitrogen and oxygen atoms in total. The molecule has 0 radical (unpaired) electrons. The molecule has 0 fully saturated rings. The summed E-state index contributed by atoms with van der Waals surface area (Å²) in [5.74, 6) is -1.38. The fraction of sp³-hybridized carbons (Fsp3) is 1.00. The first-order chi connectivity index (χ1) is 6.58. The largest absolute Gasteiger partial charge is 0.498 e. The Labute approximate surface area is 84.8 Å². The van der Waals surface area contributed by atoms with Crippen LogP contribution in [0.5, 0.6) is 0 Å². The van der Waals surface area contributed by atoms with Gasteiger partial charge in [0.15, 0.2) is 0 Å². The third-order valence-electron chi connectivity index (χ3n) is 1.74. The summed E-state index contributed by atoms with van der Waals surface area (Å²) in [6.45, 7) is -0.174. The van der Waals surface area contributed by atoms with Crippen LogP contribution in [-0.2, 0) is 9.84 Å². The Kier molecular flexibility index (Phi) is 4.52. The van der Waals surface area contributed by atoms with Crippen molar-refractivity contribution in [2.75, 3.05) is 19.1 Å². The minimum absolute atomic E-state index is 0.684. The van der Waals surface area contributed by atoms with Gasteiger partial charge in [0.25, 0.3) is 9.84 Å². The molecule has 0 rings (SSSR count). The zero-order valence-corrected chi connectivity index (χ0v) is 8.69. The van der Waals surface area contributed by atoms with Crippen LogP contribution in [-0.4, -0.2) is 48.8 Å². The van der Waals surface area contributed by atoms with Crippen LogP contribution in [0, 0.1) is 0 Å². The van der Waals surface area contributed by atoms with Crippen LogP contribution >= 0.6 is 0 Å². The van der Waals surface area contributed by atoms with Crippen molar-refractivity contribution in [2.24, 2.45) is 0 Å². The highest BCUT2D eigenvalue weighted by Gasteiger charge is 2.46. The van der Waals surface area contributed by atoms with Crippen molar-refractivity contribution in [3.63, 3.8) is 0 Å². The average Bonchev–Trinajstić information content (AvgIpc) is 2.13. The summed E-state index contributed by atoms with van der Waals surface area (Å²) in [6, 6.07) is 0. The van der Waals surface area contributed by atoms with Gasteiger partial charge in [0.05, 0.1) is 18.8 Å². The zero-order chi connectivity index (χ0) is 12.3. The van der Waals surface area contributed by atoms with Crippen molar-refractivity contribution in [1.29, 1.82) is 0 Å². The number of nitrogens with one attached hydrogen (secondary N) is 1. The average molecular weight is 251 g/mol. The van der Waals surface area contributed by atoms with Crippen LogP contribution in [0.2, 0.25) is 0 Å². The topological polar surface area (TPSA) is 86.6 Å². The molecule has 15 heavy (non-hydrogen) atoms. The lowest BCUT2D eigenvalue weighted by Crippen LogP contribution is -2.52. The van der Waals surface area contributed by atoms with E-state index in [1.807, 2.05) is 5.32 Å². The Balaban J connectivity index is 4.53. The van der Waals surface area contributed by atoms with Crippen LogP contribution < -0.4 is 5.32 Å². The van der Waals surface area contributed by atoms with Gasteiger partial charge in [-0.3, -0.25) is 5.32 Å². The summed E-state index contributed by atoms with van der Waals surface area (Å²) < 4.78 is 56.8. The van der Waals surface area contributed by atoms with Gasteiger partial charge in [-0.2, -0.15) is 13.2 Å². The molecule has 92 valence electrons. The van der Waals surface area contributed by atoms with Crippen LogP contribution in [0.15, 0.2) is 0 Å². The van der Waals surface area contributed by atoms with Gasteiger partial charge in [0.2, 0.25) is 0 Å². The monoisotopic (exact) mass is 251 g/mol. The number of hydrogen-bond donors (Lipinski definition) is 3. The Morgan fingerprint density at radius 3 is 1.87 bits per heavy atom. The maximum absolute atomic E-state index is 11.9. The van der Waals surface area contributed by atoms with Gasteiger partial charge in [-0.05, 0) is 6.92 Å². The summed E-state index contributed by atoms with van der Waals surface area (Å²) in [7, 11) is -5.28. The van der Waals surface area contributed by atoms with Crippen LogP contribution in [0.4, 0.5) is 13.2 Å². The van der Waals surface area contributed by atoms with E-state index in [2.05, 4.69) is 0 Å². The molecule has 0 unspecified atom stereocenters. The second-order valence-corrected chi connectivity index (χ2v) is 5.24. The van der Waals surface area contributed by atoms with Crippen molar-refractivity contribution in [1.82, 2.24) is 5.32 Å². The highest BCUT2D eigenvalue weighted by Crippen LogP contribution is 2.23. The summed E-state index contributed by atoms with van der Waals surface area (Å²) in [5, 5.41) is 19.3. The van der Waals surface area contributed by atoms with Crippen molar-refractivity contribution in [3.05, 3.63) is 0 Å². The van der Waals surface area contributed by atoms with Crippen molar-refractivity contribution in [2.45, 2.75) is 18.0 Å². The molecule has 0 amide bonds. The van der Waals surface area contributed by atoms with Gasteiger partial charge >= 0.3 is 5.51 Å². The van der Waals surface area contributed by atoms with E-state index < -0.39 is 40.0 Å². The first kappa shape index (κ1) is 14.6. The summed E-state index contributed by atoms with van der Waals surface area (Å²) in [5.41, 5.74) is -6.80. The van der Waals surface area contributed by atoms with Crippen molar-refractivity contribution < 1.29 is 31.8 Å². The molecule has 0 aromatic rings. The predicted molar refractivity (Wildman–Crippen MR) is 45.6 cm³/mol. The molecule has 0 heterocycles. The zero-order valence-electron chi connectivity index (χ0n) is 7.87. The van der Waals surface area contributed by atoms with Crippen LogP contribution in [0.1, 0.15) is 6.92 Å². The summed E-state index contributed by atoms with van der Waals surface area (Å²) in [6.07, 6.45) is 0. The Hall–Kier alpha value is -0.380. The van der Waals surface area contributed by atoms with Crippen molar-refractivity contribution >= 4 is 9.84 Å². The minimum Gasteiger partial charge on any atom is -0.394 e. The van der Waals surface area contributed by atoms with E-state index in [9.17, 15) is 21.6 Å². The van der Waals surface area contributed by atoms with Gasteiger partial charge in [-0.25, -0.2) is 8.42 Å². The molecule has 0 bridgehead atoms. The Morgan fingerprint density at radius 2 is 1.60 bits per heavy atom. The second kappa shape index (κ2) is 4.64. The van der Waals surface area contributed by atoms with Gasteiger partial charge in [0, 0.05) is 0 Å². The lowest BCUT2D eigenvalue weighted by Gasteiger charge is -2.26. The number of halogens is 3. The third-order valence-corrected chi connectivity index (χ3v) is 2.97. The maximum Gasteiger partial charge on any atom is 0.498 e. The third kappa shape index (κ3) is 3.93. The molecular formula is C6H12F3NO4S. The van der Waals surface area contributed by atoms with E-state index in [0.717, 1.165) is 0 Å². The Morgan fingerprint density at radius 1 is 1.20 bits per heavy atom. The summed E-state index contributed by atoms with van der Waals surface area (Å²) in [4.78, 5) is 0. The number of alkyl halides is 3. The lowest BCUT2D eigenvalue weighted by atomic mass is 10.1. The normalized spacial score (nSPS) is 14.3. The molecule has 0 aromatic heterocycles. The van der Waals surface area contributed by atoms with E-state index >= 15 is 0 Å². The quantitative estimate of drug-likeness (QED) is 0.596.